The van der Waals surface area contributed by atoms with E-state index in [1.165, 1.54) is 16.9 Å². The molecule has 0 aliphatic rings. The monoisotopic (exact) mass is 312 g/mol. The van der Waals surface area contributed by atoms with Crippen LogP contribution in [-0.2, 0) is 6.54 Å². The Balaban J connectivity index is 2.31. The topological polar surface area (TPSA) is 86.9 Å². The fraction of sp³-hybridized carbons (Fsp3) is 0.0909. The molecule has 0 unspecified atom stereocenters. The summed E-state index contributed by atoms with van der Waals surface area (Å²) in [5.74, 6) is -1.06. The molecule has 94 valence electrons. The predicted octanol–water partition coefficient (Wildman–Crippen LogP) is 1.51. The molecule has 1 amide bonds. The van der Waals surface area contributed by atoms with E-state index in [9.17, 15) is 9.18 Å². The maximum Gasteiger partial charge on any atom is 0.271 e. The molecular weight excluding hydrogens is 303 g/mol. The molecule has 18 heavy (non-hydrogen) atoms. The number of carbonyl (C=O) groups excluding carboxylic acids is 1. The first kappa shape index (κ1) is 12.6. The van der Waals surface area contributed by atoms with Gasteiger partial charge in [0, 0.05) is 16.2 Å². The number of hydrogen-bond donors (Lipinski definition) is 2. The summed E-state index contributed by atoms with van der Waals surface area (Å²) in [5.41, 5.74) is 11.3. The van der Waals surface area contributed by atoms with E-state index in [4.69, 9.17) is 11.5 Å². The zero-order chi connectivity index (χ0) is 13.3. The summed E-state index contributed by atoms with van der Waals surface area (Å²) in [6.45, 7) is 0.169. The number of amides is 1. The number of nitrogen functional groups attached to an aromatic ring is 1. The molecule has 0 atom stereocenters. The van der Waals surface area contributed by atoms with Crippen molar-refractivity contribution in [2.24, 2.45) is 5.73 Å². The van der Waals surface area contributed by atoms with Crippen molar-refractivity contribution in [3.05, 3.63) is 45.9 Å². The first-order valence-electron chi connectivity index (χ1n) is 5.04. The van der Waals surface area contributed by atoms with Gasteiger partial charge in [-0.1, -0.05) is 15.9 Å². The van der Waals surface area contributed by atoms with E-state index in [-0.39, 0.29) is 23.7 Å². The lowest BCUT2D eigenvalue weighted by atomic mass is 10.2. The van der Waals surface area contributed by atoms with Gasteiger partial charge in [0.15, 0.2) is 5.69 Å². The zero-order valence-electron chi connectivity index (χ0n) is 9.23. The summed E-state index contributed by atoms with van der Waals surface area (Å²) in [6.07, 6.45) is 1.44. The van der Waals surface area contributed by atoms with Crippen LogP contribution in [0.5, 0.6) is 0 Å². The number of nitrogens with zero attached hydrogens (tertiary/aromatic N) is 2. The van der Waals surface area contributed by atoms with Gasteiger partial charge in [0.05, 0.1) is 12.2 Å². The molecule has 1 aromatic heterocycles. The van der Waals surface area contributed by atoms with Gasteiger partial charge in [-0.15, -0.1) is 0 Å². The number of nitrogens with two attached hydrogens (primary N) is 2. The van der Waals surface area contributed by atoms with Crippen LogP contribution in [0.25, 0.3) is 0 Å². The maximum absolute atomic E-state index is 13.5. The van der Waals surface area contributed by atoms with Crippen LogP contribution in [0.3, 0.4) is 0 Å². The van der Waals surface area contributed by atoms with Crippen LogP contribution in [0.1, 0.15) is 16.1 Å². The molecule has 0 radical (unpaired) electrons. The van der Waals surface area contributed by atoms with Crippen LogP contribution in [-0.4, -0.2) is 15.7 Å². The summed E-state index contributed by atoms with van der Waals surface area (Å²) in [7, 11) is 0. The highest BCUT2D eigenvalue weighted by Gasteiger charge is 2.12. The van der Waals surface area contributed by atoms with Gasteiger partial charge in [0.1, 0.15) is 5.82 Å². The average Bonchev–Trinajstić information content (AvgIpc) is 2.65. The largest absolute Gasteiger partial charge is 0.396 e. The van der Waals surface area contributed by atoms with Gasteiger partial charge < -0.3 is 11.5 Å². The van der Waals surface area contributed by atoms with E-state index in [1.807, 2.05) is 0 Å². The van der Waals surface area contributed by atoms with Gasteiger partial charge in [-0.2, -0.15) is 5.10 Å². The third-order valence-corrected chi connectivity index (χ3v) is 2.86. The first-order chi connectivity index (χ1) is 8.47. The van der Waals surface area contributed by atoms with Crippen molar-refractivity contribution in [3.8, 4) is 0 Å². The number of rotatable bonds is 3. The van der Waals surface area contributed by atoms with Crippen LogP contribution in [0.15, 0.2) is 28.9 Å². The third-order valence-electron chi connectivity index (χ3n) is 2.36. The minimum absolute atomic E-state index is 0.00888. The number of primary amides is 1. The van der Waals surface area contributed by atoms with Crippen molar-refractivity contribution < 1.29 is 9.18 Å². The van der Waals surface area contributed by atoms with E-state index < -0.39 is 5.91 Å². The molecule has 1 aromatic carbocycles. The quantitative estimate of drug-likeness (QED) is 0.900. The Morgan fingerprint density at radius 2 is 2.22 bits per heavy atom. The predicted molar refractivity (Wildman–Crippen MR) is 68.4 cm³/mol. The molecule has 7 heteroatoms. The molecule has 0 saturated carbocycles. The smallest absolute Gasteiger partial charge is 0.271 e. The van der Waals surface area contributed by atoms with Gasteiger partial charge in [-0.3, -0.25) is 9.48 Å². The molecule has 0 fully saturated rings. The number of hydrogen-bond acceptors (Lipinski definition) is 3. The zero-order valence-corrected chi connectivity index (χ0v) is 10.8. The lowest BCUT2D eigenvalue weighted by Crippen LogP contribution is -2.14. The fourth-order valence-electron chi connectivity index (χ4n) is 1.55. The maximum atomic E-state index is 13.5. The van der Waals surface area contributed by atoms with E-state index >= 15 is 0 Å². The van der Waals surface area contributed by atoms with Crippen LogP contribution in [0.4, 0.5) is 10.1 Å². The highest BCUT2D eigenvalue weighted by atomic mass is 79.9. The van der Waals surface area contributed by atoms with Crippen molar-refractivity contribution in [2.45, 2.75) is 6.54 Å². The van der Waals surface area contributed by atoms with Crippen molar-refractivity contribution in [2.75, 3.05) is 5.73 Å². The van der Waals surface area contributed by atoms with E-state index in [2.05, 4.69) is 21.0 Å². The number of anilines is 1. The van der Waals surface area contributed by atoms with Crippen LogP contribution in [0.2, 0.25) is 0 Å². The Hall–Kier alpha value is -1.89. The first-order valence-corrected chi connectivity index (χ1v) is 5.83. The minimum Gasteiger partial charge on any atom is -0.396 e. The second kappa shape index (κ2) is 4.77. The summed E-state index contributed by atoms with van der Waals surface area (Å²) in [4.78, 5) is 11.0. The van der Waals surface area contributed by atoms with Crippen LogP contribution >= 0.6 is 15.9 Å². The molecular formula is C11H10BrFN4O. The second-order valence-corrected chi connectivity index (χ2v) is 4.65. The summed E-state index contributed by atoms with van der Waals surface area (Å²) < 4.78 is 15.7. The Morgan fingerprint density at radius 3 is 2.83 bits per heavy atom. The molecule has 2 rings (SSSR count). The molecule has 5 nitrogen and oxygen atoms in total. The average molecular weight is 313 g/mol. The van der Waals surface area contributed by atoms with Crippen LogP contribution in [0, 0.1) is 5.82 Å². The van der Waals surface area contributed by atoms with Gasteiger partial charge in [-0.05, 0) is 18.2 Å². The van der Waals surface area contributed by atoms with E-state index in [0.29, 0.717) is 5.56 Å². The molecule has 0 saturated heterocycles. The number of benzene rings is 1. The fourth-order valence-corrected chi connectivity index (χ4v) is 1.96. The second-order valence-electron chi connectivity index (χ2n) is 3.73. The standard InChI is InChI=1S/C11H10BrFN4O/c12-7-1-2-8(13)6(3-7)4-17-5-9(14)10(16-17)11(15)18/h1-3,5H,4,14H2,(H2,15,18). The summed E-state index contributed by atoms with van der Waals surface area (Å²) in [6, 6.07) is 4.59. The third kappa shape index (κ3) is 2.51. The number of aromatic nitrogens is 2. The Kier molecular flexibility index (Phi) is 3.33. The number of halogens is 2. The van der Waals surface area contributed by atoms with Crippen molar-refractivity contribution in [1.29, 1.82) is 0 Å². The van der Waals surface area contributed by atoms with Gasteiger partial charge >= 0.3 is 0 Å². The SMILES string of the molecule is NC(=O)c1nn(Cc2cc(Br)ccc2F)cc1N. The Labute approximate surface area is 111 Å². The van der Waals surface area contributed by atoms with Gasteiger partial charge in [-0.25, -0.2) is 4.39 Å². The molecule has 1 heterocycles. The lowest BCUT2D eigenvalue weighted by molar-refractivity contribution is 0.0995. The summed E-state index contributed by atoms with van der Waals surface area (Å²) >= 11 is 3.26. The highest BCUT2D eigenvalue weighted by Crippen LogP contribution is 2.17. The lowest BCUT2D eigenvalue weighted by Gasteiger charge is -2.04. The molecule has 2 aromatic rings. The van der Waals surface area contributed by atoms with E-state index in [1.54, 1.807) is 12.1 Å². The van der Waals surface area contributed by atoms with Crippen molar-refractivity contribution >= 4 is 27.5 Å². The molecule has 0 spiro atoms. The van der Waals surface area contributed by atoms with Crippen LogP contribution < -0.4 is 11.5 Å². The molecule has 0 bridgehead atoms. The minimum atomic E-state index is -0.707. The Morgan fingerprint density at radius 1 is 1.50 bits per heavy atom. The molecule has 4 N–H and O–H groups in total. The number of carbonyl (C=O) groups is 1. The van der Waals surface area contributed by atoms with Gasteiger partial charge in [0.25, 0.3) is 5.91 Å². The van der Waals surface area contributed by atoms with Crippen molar-refractivity contribution in [1.82, 2.24) is 9.78 Å². The van der Waals surface area contributed by atoms with E-state index in [0.717, 1.165) is 4.47 Å². The van der Waals surface area contributed by atoms with Gasteiger partial charge in [0.2, 0.25) is 0 Å². The Bertz CT molecular complexity index is 611. The molecule has 0 aliphatic heterocycles. The normalized spacial score (nSPS) is 10.6. The van der Waals surface area contributed by atoms with Crippen molar-refractivity contribution in [3.63, 3.8) is 0 Å². The molecule has 0 aliphatic carbocycles. The summed E-state index contributed by atoms with van der Waals surface area (Å²) in [5, 5.41) is 3.91. The highest BCUT2D eigenvalue weighted by molar-refractivity contribution is 9.10.